The fourth-order valence-corrected chi connectivity index (χ4v) is 8.76. The molecule has 6 rings (SSSR count). The number of benzene rings is 5. The van der Waals surface area contributed by atoms with Crippen molar-refractivity contribution in [2.45, 2.75) is 68.4 Å². The predicted molar refractivity (Wildman–Crippen MR) is 286 cm³/mol. The van der Waals surface area contributed by atoms with Gasteiger partial charge in [-0.25, -0.2) is 4.98 Å². The zero-order valence-electron chi connectivity index (χ0n) is 41.8. The normalized spacial score (nSPS) is 11.6. The van der Waals surface area contributed by atoms with Gasteiger partial charge in [0.2, 0.25) is 5.95 Å². The largest absolute Gasteiger partial charge is 0.495 e. The summed E-state index contributed by atoms with van der Waals surface area (Å²) in [5, 5.41) is 29.9. The van der Waals surface area contributed by atoms with E-state index in [1.165, 1.54) is 55.6 Å². The van der Waals surface area contributed by atoms with Crippen LogP contribution in [-0.4, -0.2) is 110 Å². The van der Waals surface area contributed by atoms with Crippen molar-refractivity contribution in [3.05, 3.63) is 135 Å². The number of unbranched alkanes of at least 4 members (excludes halogenated alkanes) is 2. The van der Waals surface area contributed by atoms with Crippen molar-refractivity contribution in [3.63, 3.8) is 0 Å². The smallest absolute Gasteiger partial charge is 0.425 e. The van der Waals surface area contributed by atoms with Gasteiger partial charge in [-0.2, -0.15) is 45.4 Å². The summed E-state index contributed by atoms with van der Waals surface area (Å²) < 4.78 is 167. The van der Waals surface area contributed by atoms with Crippen molar-refractivity contribution in [3.8, 4) is 17.2 Å². The maximum atomic E-state index is 12.0. The molecule has 80 heavy (non-hydrogen) atoms. The highest BCUT2D eigenvalue weighted by Gasteiger charge is 2.20. The van der Waals surface area contributed by atoms with Crippen LogP contribution >= 0.6 is 23.2 Å². The molecule has 1 aromatic heterocycles. The molecular weight excluding hydrogens is 1200 g/mol. The molecule has 0 atom stereocenters. The van der Waals surface area contributed by atoms with E-state index in [1.807, 2.05) is 6.92 Å². The number of halogens is 2. The standard InChI is InChI=1S/C46H48Cl2N8O13S3.2O3S/c1-3-4-17-68-41-25-38(55-53-33-11-7-30(28-57)8-12-33)36(47)20-31(41)22-44-50-45(52-46(51-44)49-27-29-9-14-35(15-10-29)71(61,62)63)23-32-21-37(48)39(26-42(32)69-18-5-6-19-70(58,59)60)56-54-34-13-16-40(67-2)43(24-34)72(64,65)66;2*1-4(2)3/h7-16,20-21,24-26,57H,3-6,17-19,22-23,27-28H2,1-2H3,(H,58,59,60)(H,61,62,63)(H,64,65,66)(H,49,50,51,52);;. The average Bonchev–Trinajstić information content (AvgIpc) is 3.45. The molecule has 5 N–H and O–H groups in total. The summed E-state index contributed by atoms with van der Waals surface area (Å²) in [6, 6.07) is 22.5. The Labute approximate surface area is 471 Å². The van der Waals surface area contributed by atoms with E-state index < -0.39 is 62.2 Å². The summed E-state index contributed by atoms with van der Waals surface area (Å²) in [5.74, 6) is 0.606. The first kappa shape index (κ1) is 65.5. The molecule has 430 valence electrons. The van der Waals surface area contributed by atoms with E-state index in [9.17, 15) is 44.0 Å². The van der Waals surface area contributed by atoms with Crippen molar-refractivity contribution in [1.29, 1.82) is 0 Å². The van der Waals surface area contributed by atoms with Crippen LogP contribution in [0, 0.1) is 0 Å². The summed E-state index contributed by atoms with van der Waals surface area (Å²) in [7, 11) is -18.3. The number of hydrogen-bond donors (Lipinski definition) is 5. The lowest BCUT2D eigenvalue weighted by molar-refractivity contribution is 0.282. The van der Waals surface area contributed by atoms with Gasteiger partial charge in [-0.1, -0.05) is 60.8 Å². The second-order valence-electron chi connectivity index (χ2n) is 16.1. The van der Waals surface area contributed by atoms with Gasteiger partial charge in [-0.05, 0) is 85.0 Å². The Bertz CT molecular complexity index is 3730. The van der Waals surface area contributed by atoms with E-state index in [0.717, 1.165) is 18.9 Å². The molecule has 0 aliphatic carbocycles. The number of nitrogens with zero attached hydrogens (tertiary/aromatic N) is 7. The molecule has 5 aromatic carbocycles. The van der Waals surface area contributed by atoms with Gasteiger partial charge < -0.3 is 24.6 Å². The van der Waals surface area contributed by atoms with Crippen LogP contribution in [0.4, 0.5) is 28.7 Å². The zero-order valence-corrected chi connectivity index (χ0v) is 47.4. The quantitative estimate of drug-likeness (QED) is 0.0206. The van der Waals surface area contributed by atoms with Crippen LogP contribution < -0.4 is 19.5 Å². The molecule has 0 unspecified atom stereocenters. The van der Waals surface area contributed by atoms with Crippen molar-refractivity contribution in [1.82, 2.24) is 15.0 Å². The van der Waals surface area contributed by atoms with Gasteiger partial charge in [0.05, 0.1) is 59.0 Å². The Morgan fingerprint density at radius 1 is 0.588 bits per heavy atom. The molecule has 27 nitrogen and oxygen atoms in total. The molecule has 0 amide bonds. The third kappa shape index (κ3) is 23.0. The molecule has 0 bridgehead atoms. The lowest BCUT2D eigenvalue weighted by Crippen LogP contribution is -2.12. The van der Waals surface area contributed by atoms with Crippen LogP contribution in [0.1, 0.15) is 66.5 Å². The van der Waals surface area contributed by atoms with Crippen LogP contribution in [0.25, 0.3) is 0 Å². The van der Waals surface area contributed by atoms with Crippen molar-refractivity contribution in [2.75, 3.05) is 31.4 Å². The number of methoxy groups -OCH3 is 1. The van der Waals surface area contributed by atoms with Crippen LogP contribution in [-0.2, 0) is 77.6 Å². The van der Waals surface area contributed by atoms with Crippen LogP contribution in [0.3, 0.4) is 0 Å². The number of aromatic nitrogens is 3. The molecule has 0 aliphatic rings. The summed E-state index contributed by atoms with van der Waals surface area (Å²) >= 11 is 13.6. The lowest BCUT2D eigenvalue weighted by atomic mass is 10.1. The molecule has 0 radical (unpaired) electrons. The highest BCUT2D eigenvalue weighted by Crippen LogP contribution is 2.38. The van der Waals surface area contributed by atoms with E-state index in [2.05, 4.69) is 30.8 Å². The third-order valence-electron chi connectivity index (χ3n) is 10.3. The summed E-state index contributed by atoms with van der Waals surface area (Å²) in [5.41, 5.74) is 3.31. The Kier molecular flexibility index (Phi) is 25.5. The van der Waals surface area contributed by atoms with Crippen LogP contribution in [0.5, 0.6) is 17.2 Å². The third-order valence-corrected chi connectivity index (χ3v) is 13.4. The highest BCUT2D eigenvalue weighted by molar-refractivity contribution is 7.86. The van der Waals surface area contributed by atoms with Gasteiger partial charge in [0.1, 0.15) is 45.2 Å². The van der Waals surface area contributed by atoms with Gasteiger partial charge in [0.25, 0.3) is 30.4 Å². The fourth-order valence-electron chi connectivity index (χ4n) is 6.59. The highest BCUT2D eigenvalue weighted by atomic mass is 35.5. The van der Waals surface area contributed by atoms with Crippen molar-refractivity contribution < 1.29 is 83.5 Å². The Morgan fingerprint density at radius 2 is 1.07 bits per heavy atom. The van der Waals surface area contributed by atoms with E-state index >= 15 is 0 Å². The summed E-state index contributed by atoms with van der Waals surface area (Å²) in [6.07, 6.45) is 1.91. The molecule has 0 spiro atoms. The van der Waals surface area contributed by atoms with E-state index in [0.29, 0.717) is 46.0 Å². The second kappa shape index (κ2) is 31.1. The van der Waals surface area contributed by atoms with Gasteiger partial charge in [0.15, 0.2) is 0 Å². The molecule has 0 saturated carbocycles. The second-order valence-corrected chi connectivity index (χ2v) is 22.1. The number of anilines is 1. The number of nitrogens with one attached hydrogen (secondary N) is 1. The summed E-state index contributed by atoms with van der Waals surface area (Å²) in [4.78, 5) is 13.4. The molecular formula is C46H48Cl2N8O19S5. The number of rotatable bonds is 25. The SMILES string of the molecule is CCCCOc1cc(N=Nc2ccc(CO)cc2)c(Cl)cc1Cc1nc(Cc2cc(Cl)c(N=Nc3ccc(OC)c(S(=O)(=O)O)c3)cc2OCCCCS(=O)(=O)O)nc(NCc2ccc(S(=O)(=O)O)cc2)n1.O=S(=O)=O.O=S(=O)=O. The summed E-state index contributed by atoms with van der Waals surface area (Å²) in [6.45, 7) is 2.37. The number of aliphatic hydroxyl groups excluding tert-OH is 1. The maximum Gasteiger partial charge on any atom is 0.425 e. The van der Waals surface area contributed by atoms with Crippen LogP contribution in [0.2, 0.25) is 10.0 Å². The van der Waals surface area contributed by atoms with Crippen molar-refractivity contribution in [2.24, 2.45) is 20.5 Å². The molecule has 6 aromatic rings. The Morgan fingerprint density at radius 3 is 1.54 bits per heavy atom. The zero-order chi connectivity index (χ0) is 59.2. The number of ether oxygens (including phenoxy) is 3. The minimum absolute atomic E-state index is 0.0182. The van der Waals surface area contributed by atoms with E-state index in [-0.39, 0.29) is 101 Å². The first-order chi connectivity index (χ1) is 37.7. The number of azo groups is 2. The topological polar surface area (TPSA) is 414 Å². The van der Waals surface area contributed by atoms with Gasteiger partial charge in [-0.3, -0.25) is 13.7 Å². The fraction of sp³-hybridized carbons (Fsp3) is 0.283. The molecule has 0 saturated heterocycles. The Hall–Kier alpha value is -6.98. The van der Waals surface area contributed by atoms with Crippen LogP contribution in [0.15, 0.2) is 121 Å². The minimum atomic E-state index is -4.70. The molecule has 0 fully saturated rings. The number of hydrogen-bond acceptors (Lipinski definition) is 24. The first-order valence-corrected chi connectivity index (χ1v) is 30.0. The van der Waals surface area contributed by atoms with Gasteiger partial charge >= 0.3 is 21.2 Å². The molecule has 1 heterocycles. The maximum absolute atomic E-state index is 12.0. The predicted octanol–water partition coefficient (Wildman–Crippen LogP) is 8.01. The lowest BCUT2D eigenvalue weighted by Gasteiger charge is -2.15. The Balaban J connectivity index is 0.00000161. The van der Waals surface area contributed by atoms with E-state index in [1.54, 1.807) is 36.4 Å². The van der Waals surface area contributed by atoms with Crippen molar-refractivity contribution >= 4 is 103 Å². The minimum Gasteiger partial charge on any atom is -0.495 e. The van der Waals surface area contributed by atoms with Gasteiger partial charge in [-0.15, -0.1) is 35.5 Å². The number of aliphatic hydroxyl groups is 1. The van der Waals surface area contributed by atoms with E-state index in [4.69, 9.17) is 72.6 Å². The van der Waals surface area contributed by atoms with Gasteiger partial charge in [0, 0.05) is 42.6 Å². The molecule has 34 heteroatoms. The molecule has 0 aliphatic heterocycles. The monoisotopic (exact) mass is 1250 g/mol. The first-order valence-electron chi connectivity index (χ1n) is 22.8. The average molecular weight is 1250 g/mol.